The van der Waals surface area contributed by atoms with Gasteiger partial charge in [-0.2, -0.15) is 0 Å². The van der Waals surface area contributed by atoms with Crippen LogP contribution in [0.25, 0.3) is 6.08 Å². The quantitative estimate of drug-likeness (QED) is 0.736. The van der Waals surface area contributed by atoms with E-state index in [9.17, 15) is 0 Å². The molecule has 1 aliphatic heterocycles. The average molecular weight is 219 g/mol. The molecule has 0 atom stereocenters. The van der Waals surface area contributed by atoms with Crippen LogP contribution in [0.1, 0.15) is 5.56 Å². The lowest BCUT2D eigenvalue weighted by molar-refractivity contribution is 1.32. The van der Waals surface area contributed by atoms with Crippen LogP contribution in [0.5, 0.6) is 0 Å². The molecule has 2 aromatic carbocycles. The maximum Gasteiger partial charge on any atom is 0.153 e. The molecule has 3 rings (SSSR count). The van der Waals surface area contributed by atoms with Crippen molar-refractivity contribution in [3.8, 4) is 0 Å². The van der Waals surface area contributed by atoms with Crippen LogP contribution in [-0.4, -0.2) is 5.84 Å². The summed E-state index contributed by atoms with van der Waals surface area (Å²) in [6.45, 7) is 0. The molecule has 2 heteroatoms. The van der Waals surface area contributed by atoms with Crippen LogP contribution in [0.3, 0.4) is 0 Å². The van der Waals surface area contributed by atoms with Crippen LogP contribution in [0.4, 0.5) is 11.4 Å². The topological polar surface area (TPSA) is 26.5 Å². The maximum atomic E-state index is 4.43. The molecule has 0 amide bonds. The highest BCUT2D eigenvalue weighted by Crippen LogP contribution is 2.29. The number of aliphatic imine (C=N–C) groups is 1. The lowest BCUT2D eigenvalue weighted by Gasteiger charge is -1.93. The Morgan fingerprint density at radius 2 is 1.41 bits per heavy atom. The fraction of sp³-hybridized carbons (Fsp3) is 0. The monoisotopic (exact) mass is 219 g/mol. The van der Waals surface area contributed by atoms with E-state index in [1.807, 2.05) is 54.6 Å². The Kier molecular flexibility index (Phi) is 2.47. The van der Waals surface area contributed by atoms with Crippen molar-refractivity contribution in [3.63, 3.8) is 0 Å². The highest BCUT2D eigenvalue weighted by Gasteiger charge is 2.11. The first-order valence-corrected chi connectivity index (χ1v) is 5.54. The Morgan fingerprint density at radius 1 is 0.706 bits per heavy atom. The van der Waals surface area contributed by atoms with Crippen LogP contribution in [0.15, 0.2) is 65.7 Å². The van der Waals surface area contributed by atoms with Gasteiger partial charge in [0.2, 0.25) is 0 Å². The SMILES string of the molecule is C(=C\c1ccccc1)/C1=Nc2ccccc2[N]1. The van der Waals surface area contributed by atoms with Gasteiger partial charge in [-0.1, -0.05) is 48.5 Å². The number of hydrogen-bond acceptors (Lipinski definition) is 1. The standard InChI is InChI=1S/C15H11N2/c1-2-6-12(7-3-1)10-11-15-16-13-8-4-5-9-14(13)17-15/h1-11H/b11-10+. The van der Waals surface area contributed by atoms with Crippen LogP contribution < -0.4 is 5.32 Å². The van der Waals surface area contributed by atoms with Gasteiger partial charge in [0.05, 0.1) is 11.4 Å². The predicted molar refractivity (Wildman–Crippen MR) is 70.8 cm³/mol. The molecular weight excluding hydrogens is 208 g/mol. The fourth-order valence-electron chi connectivity index (χ4n) is 1.73. The van der Waals surface area contributed by atoms with Crippen molar-refractivity contribution in [2.24, 2.45) is 4.99 Å². The Bertz CT molecular complexity index is 583. The van der Waals surface area contributed by atoms with Gasteiger partial charge >= 0.3 is 0 Å². The molecule has 81 valence electrons. The van der Waals surface area contributed by atoms with E-state index < -0.39 is 0 Å². The van der Waals surface area contributed by atoms with Crippen LogP contribution >= 0.6 is 0 Å². The van der Waals surface area contributed by atoms with E-state index in [-0.39, 0.29) is 0 Å². The van der Waals surface area contributed by atoms with Crippen LogP contribution in [-0.2, 0) is 0 Å². The van der Waals surface area contributed by atoms with Crippen molar-refractivity contribution in [1.29, 1.82) is 0 Å². The third-order valence-electron chi connectivity index (χ3n) is 2.58. The minimum Gasteiger partial charge on any atom is -0.227 e. The third-order valence-corrected chi connectivity index (χ3v) is 2.58. The number of hydrogen-bond donors (Lipinski definition) is 0. The number of amidine groups is 1. The average Bonchev–Trinajstić information content (AvgIpc) is 2.80. The molecule has 0 unspecified atom stereocenters. The molecule has 0 fully saturated rings. The summed E-state index contributed by atoms with van der Waals surface area (Å²) in [4.78, 5) is 4.43. The number of benzene rings is 2. The molecule has 0 aliphatic carbocycles. The zero-order chi connectivity index (χ0) is 11.5. The van der Waals surface area contributed by atoms with E-state index in [2.05, 4.69) is 22.4 Å². The number of rotatable bonds is 2. The molecule has 1 aliphatic rings. The summed E-state index contributed by atoms with van der Waals surface area (Å²) in [5.74, 6) is 0.759. The minimum absolute atomic E-state index is 0.759. The smallest absolute Gasteiger partial charge is 0.153 e. The number of fused-ring (bicyclic) bond motifs is 1. The molecule has 17 heavy (non-hydrogen) atoms. The van der Waals surface area contributed by atoms with Crippen molar-refractivity contribution >= 4 is 23.3 Å². The van der Waals surface area contributed by atoms with Gasteiger partial charge < -0.3 is 0 Å². The van der Waals surface area contributed by atoms with Crippen molar-refractivity contribution in [2.45, 2.75) is 0 Å². The third kappa shape index (κ3) is 2.11. The summed E-state index contributed by atoms with van der Waals surface area (Å²) < 4.78 is 0. The van der Waals surface area contributed by atoms with Crippen molar-refractivity contribution in [3.05, 3.63) is 66.2 Å². The van der Waals surface area contributed by atoms with Gasteiger partial charge in [-0.05, 0) is 23.8 Å². The Balaban J connectivity index is 1.80. The molecule has 0 spiro atoms. The largest absolute Gasteiger partial charge is 0.227 e. The molecule has 0 bridgehead atoms. The minimum atomic E-state index is 0.759. The van der Waals surface area contributed by atoms with Crippen LogP contribution in [0.2, 0.25) is 0 Å². The summed E-state index contributed by atoms with van der Waals surface area (Å²) in [5.41, 5.74) is 3.04. The highest BCUT2D eigenvalue weighted by molar-refractivity contribution is 6.05. The second-order valence-electron chi connectivity index (χ2n) is 3.81. The van der Waals surface area contributed by atoms with E-state index in [1.165, 1.54) is 0 Å². The van der Waals surface area contributed by atoms with E-state index in [0.29, 0.717) is 0 Å². The molecule has 0 N–H and O–H groups in total. The van der Waals surface area contributed by atoms with E-state index in [0.717, 1.165) is 22.8 Å². The van der Waals surface area contributed by atoms with Crippen molar-refractivity contribution in [1.82, 2.24) is 5.32 Å². The maximum absolute atomic E-state index is 4.43. The molecular formula is C15H11N2. The lowest BCUT2D eigenvalue weighted by Crippen LogP contribution is -2.01. The first kappa shape index (κ1) is 9.85. The summed E-state index contributed by atoms with van der Waals surface area (Å²) in [6, 6.07) is 18.0. The number of para-hydroxylation sites is 2. The number of nitrogens with zero attached hydrogens (tertiary/aromatic N) is 2. The summed E-state index contributed by atoms with van der Waals surface area (Å²) in [5, 5.41) is 4.43. The van der Waals surface area contributed by atoms with Gasteiger partial charge in [-0.3, -0.25) is 0 Å². The fourth-order valence-corrected chi connectivity index (χ4v) is 1.73. The lowest BCUT2D eigenvalue weighted by atomic mass is 10.2. The Hall–Kier alpha value is -2.35. The van der Waals surface area contributed by atoms with E-state index >= 15 is 0 Å². The zero-order valence-corrected chi connectivity index (χ0v) is 9.25. The summed E-state index contributed by atoms with van der Waals surface area (Å²) >= 11 is 0. The Morgan fingerprint density at radius 3 is 2.18 bits per heavy atom. The van der Waals surface area contributed by atoms with Crippen molar-refractivity contribution in [2.75, 3.05) is 0 Å². The van der Waals surface area contributed by atoms with Gasteiger partial charge in [-0.25, -0.2) is 10.3 Å². The molecule has 1 radical (unpaired) electrons. The first-order chi connectivity index (χ1) is 8.42. The predicted octanol–water partition coefficient (Wildman–Crippen LogP) is 3.68. The van der Waals surface area contributed by atoms with Gasteiger partial charge in [0.25, 0.3) is 0 Å². The van der Waals surface area contributed by atoms with Crippen molar-refractivity contribution < 1.29 is 0 Å². The second kappa shape index (κ2) is 4.26. The summed E-state index contributed by atoms with van der Waals surface area (Å²) in [6.07, 6.45) is 3.96. The normalized spacial score (nSPS) is 13.3. The summed E-state index contributed by atoms with van der Waals surface area (Å²) in [7, 11) is 0. The van der Waals surface area contributed by atoms with E-state index in [4.69, 9.17) is 0 Å². The first-order valence-electron chi connectivity index (χ1n) is 5.54. The van der Waals surface area contributed by atoms with Gasteiger partial charge in [0, 0.05) is 0 Å². The molecule has 0 aromatic heterocycles. The second-order valence-corrected chi connectivity index (χ2v) is 3.81. The molecule has 0 saturated heterocycles. The van der Waals surface area contributed by atoms with Gasteiger partial charge in [0.15, 0.2) is 5.84 Å². The molecule has 0 saturated carbocycles. The van der Waals surface area contributed by atoms with Gasteiger partial charge in [-0.15, -0.1) is 0 Å². The molecule has 1 heterocycles. The molecule has 2 aromatic rings. The van der Waals surface area contributed by atoms with Crippen LogP contribution in [0, 0.1) is 0 Å². The molecule has 2 nitrogen and oxygen atoms in total. The zero-order valence-electron chi connectivity index (χ0n) is 9.25. The highest BCUT2D eigenvalue weighted by atomic mass is 15.1. The Labute approximate surface area is 100 Å². The van der Waals surface area contributed by atoms with Gasteiger partial charge in [0.1, 0.15) is 0 Å². The van der Waals surface area contributed by atoms with E-state index in [1.54, 1.807) is 0 Å².